The van der Waals surface area contributed by atoms with Gasteiger partial charge in [-0.2, -0.15) is 0 Å². The highest BCUT2D eigenvalue weighted by atomic mass is 16.5. The molecule has 2 aromatic carbocycles. The van der Waals surface area contributed by atoms with Crippen molar-refractivity contribution in [1.29, 1.82) is 0 Å². The van der Waals surface area contributed by atoms with E-state index in [0.717, 1.165) is 16.6 Å². The predicted molar refractivity (Wildman–Crippen MR) is 98.4 cm³/mol. The molecule has 7 nitrogen and oxygen atoms in total. The highest BCUT2D eigenvalue weighted by Crippen LogP contribution is 2.24. The maximum absolute atomic E-state index is 12.4. The number of ether oxygens (including phenoxy) is 2. The fraction of sp³-hybridized carbons (Fsp3) is 0.316. The van der Waals surface area contributed by atoms with Crippen LogP contribution in [-0.2, 0) is 17.8 Å². The normalized spacial score (nSPS) is 12.0. The summed E-state index contributed by atoms with van der Waals surface area (Å²) >= 11 is 0. The molecule has 0 spiro atoms. The number of carbonyl (C=O) groups excluding carboxylic acids is 1. The third-order valence-electron chi connectivity index (χ3n) is 4.11. The lowest BCUT2D eigenvalue weighted by molar-refractivity contribution is -0.121. The van der Waals surface area contributed by atoms with Gasteiger partial charge in [0.25, 0.3) is 0 Å². The lowest BCUT2D eigenvalue weighted by Crippen LogP contribution is -2.36. The molecule has 0 unspecified atom stereocenters. The maximum Gasteiger partial charge on any atom is 0.224 e. The van der Waals surface area contributed by atoms with Crippen molar-refractivity contribution < 1.29 is 14.3 Å². The van der Waals surface area contributed by atoms with Crippen LogP contribution in [0.1, 0.15) is 12.5 Å². The van der Waals surface area contributed by atoms with Crippen molar-refractivity contribution in [2.45, 2.75) is 25.9 Å². The molecule has 3 aromatic rings. The zero-order valence-corrected chi connectivity index (χ0v) is 15.1. The number of aromatic nitrogens is 3. The molecule has 1 N–H and O–H groups in total. The third-order valence-corrected chi connectivity index (χ3v) is 4.11. The van der Waals surface area contributed by atoms with E-state index in [1.165, 1.54) is 0 Å². The Morgan fingerprint density at radius 1 is 1.19 bits per heavy atom. The number of hydrogen-bond acceptors (Lipinski definition) is 5. The van der Waals surface area contributed by atoms with Gasteiger partial charge in [-0.3, -0.25) is 4.79 Å². The lowest BCUT2D eigenvalue weighted by atomic mass is 10.1. The molecule has 1 amide bonds. The van der Waals surface area contributed by atoms with Crippen LogP contribution in [0.15, 0.2) is 42.5 Å². The molecular formula is C19H22N4O3. The Hall–Kier alpha value is -3.09. The van der Waals surface area contributed by atoms with Gasteiger partial charge >= 0.3 is 0 Å². The van der Waals surface area contributed by atoms with Gasteiger partial charge in [0, 0.05) is 11.6 Å². The minimum absolute atomic E-state index is 0.0894. The second-order valence-corrected chi connectivity index (χ2v) is 6.08. The SMILES string of the molecule is COc1ccc(OC)c(CC(=O)N[C@@H](C)Cn2nnc3ccccc32)c1. The summed E-state index contributed by atoms with van der Waals surface area (Å²) in [6, 6.07) is 13.1. The lowest BCUT2D eigenvalue weighted by Gasteiger charge is -2.15. The Morgan fingerprint density at radius 2 is 2.00 bits per heavy atom. The second-order valence-electron chi connectivity index (χ2n) is 6.08. The van der Waals surface area contributed by atoms with Crippen molar-refractivity contribution in [3.05, 3.63) is 48.0 Å². The molecule has 0 aliphatic rings. The molecule has 0 saturated carbocycles. The largest absolute Gasteiger partial charge is 0.497 e. The number of amides is 1. The number of fused-ring (bicyclic) bond motifs is 1. The van der Waals surface area contributed by atoms with Gasteiger partial charge in [0.15, 0.2) is 0 Å². The number of nitrogens with one attached hydrogen (secondary N) is 1. The molecule has 136 valence electrons. The minimum Gasteiger partial charge on any atom is -0.497 e. The van der Waals surface area contributed by atoms with Crippen molar-refractivity contribution in [1.82, 2.24) is 20.3 Å². The molecule has 26 heavy (non-hydrogen) atoms. The van der Waals surface area contributed by atoms with Crippen molar-refractivity contribution in [3.8, 4) is 11.5 Å². The van der Waals surface area contributed by atoms with Crippen LogP contribution in [0, 0.1) is 0 Å². The number of carbonyl (C=O) groups is 1. The molecule has 0 radical (unpaired) electrons. The van der Waals surface area contributed by atoms with Gasteiger partial charge in [0.1, 0.15) is 17.0 Å². The van der Waals surface area contributed by atoms with Crippen molar-refractivity contribution in [2.75, 3.05) is 14.2 Å². The average Bonchev–Trinajstić information content (AvgIpc) is 3.04. The van der Waals surface area contributed by atoms with Gasteiger partial charge in [-0.15, -0.1) is 5.10 Å². The molecular weight excluding hydrogens is 332 g/mol. The number of benzene rings is 2. The van der Waals surface area contributed by atoms with E-state index in [1.54, 1.807) is 31.0 Å². The Balaban J connectivity index is 1.64. The van der Waals surface area contributed by atoms with Crippen LogP contribution in [-0.4, -0.2) is 41.2 Å². The molecule has 0 fully saturated rings. The van der Waals surface area contributed by atoms with Crippen molar-refractivity contribution in [2.24, 2.45) is 0 Å². The molecule has 1 heterocycles. The van der Waals surface area contributed by atoms with E-state index < -0.39 is 0 Å². The maximum atomic E-state index is 12.4. The van der Waals surface area contributed by atoms with Crippen LogP contribution < -0.4 is 14.8 Å². The van der Waals surface area contributed by atoms with E-state index in [4.69, 9.17) is 9.47 Å². The van der Waals surface area contributed by atoms with Crippen LogP contribution in [0.5, 0.6) is 11.5 Å². The van der Waals surface area contributed by atoms with Crippen LogP contribution in [0.25, 0.3) is 11.0 Å². The van der Waals surface area contributed by atoms with Crippen molar-refractivity contribution in [3.63, 3.8) is 0 Å². The van der Waals surface area contributed by atoms with Gasteiger partial charge in [0.2, 0.25) is 5.91 Å². The number of rotatable bonds is 7. The molecule has 0 aliphatic heterocycles. The molecule has 7 heteroatoms. The van der Waals surface area contributed by atoms with E-state index in [-0.39, 0.29) is 18.4 Å². The van der Waals surface area contributed by atoms with E-state index >= 15 is 0 Å². The summed E-state index contributed by atoms with van der Waals surface area (Å²) in [6.45, 7) is 2.48. The Labute approximate surface area is 151 Å². The summed E-state index contributed by atoms with van der Waals surface area (Å²) in [5.74, 6) is 1.26. The van der Waals surface area contributed by atoms with Gasteiger partial charge in [-0.05, 0) is 37.3 Å². The molecule has 1 aromatic heterocycles. The summed E-state index contributed by atoms with van der Waals surface area (Å²) in [4.78, 5) is 12.4. The zero-order chi connectivity index (χ0) is 18.5. The molecule has 0 bridgehead atoms. The van der Waals surface area contributed by atoms with Gasteiger partial charge in [-0.1, -0.05) is 17.3 Å². The topological polar surface area (TPSA) is 78.3 Å². The Bertz CT molecular complexity index is 907. The summed E-state index contributed by atoms with van der Waals surface area (Å²) in [5, 5.41) is 11.3. The highest BCUT2D eigenvalue weighted by molar-refractivity contribution is 5.80. The van der Waals surface area contributed by atoms with Crippen LogP contribution in [0.4, 0.5) is 0 Å². The first kappa shape index (κ1) is 17.7. The zero-order valence-electron chi connectivity index (χ0n) is 15.1. The van der Waals surface area contributed by atoms with E-state index in [1.807, 2.05) is 37.3 Å². The third kappa shape index (κ3) is 3.93. The number of para-hydroxylation sites is 1. The van der Waals surface area contributed by atoms with Crippen LogP contribution in [0.2, 0.25) is 0 Å². The standard InChI is InChI=1S/C19H22N4O3/c1-13(12-23-17-7-5-4-6-16(17)21-22-23)20-19(24)11-14-10-15(25-2)8-9-18(14)26-3/h4-10,13H,11-12H2,1-3H3,(H,20,24)/t13-/m0/s1. The van der Waals surface area contributed by atoms with E-state index in [2.05, 4.69) is 15.6 Å². The van der Waals surface area contributed by atoms with Gasteiger partial charge in [0.05, 0.1) is 32.7 Å². The monoisotopic (exact) mass is 354 g/mol. The van der Waals surface area contributed by atoms with Crippen LogP contribution >= 0.6 is 0 Å². The Kier molecular flexibility index (Phi) is 5.36. The van der Waals surface area contributed by atoms with Crippen molar-refractivity contribution >= 4 is 16.9 Å². The predicted octanol–water partition coefficient (Wildman–Crippen LogP) is 2.20. The number of nitrogens with zero attached hydrogens (tertiary/aromatic N) is 3. The van der Waals surface area contributed by atoms with Gasteiger partial charge in [-0.25, -0.2) is 4.68 Å². The summed E-state index contributed by atoms with van der Waals surface area (Å²) in [6.07, 6.45) is 0.211. The molecule has 0 aliphatic carbocycles. The summed E-state index contributed by atoms with van der Waals surface area (Å²) in [7, 11) is 3.18. The van der Waals surface area contributed by atoms with Crippen LogP contribution in [0.3, 0.4) is 0 Å². The number of hydrogen-bond donors (Lipinski definition) is 1. The van der Waals surface area contributed by atoms with E-state index in [9.17, 15) is 4.79 Å². The Morgan fingerprint density at radius 3 is 2.77 bits per heavy atom. The number of methoxy groups -OCH3 is 2. The van der Waals surface area contributed by atoms with Gasteiger partial charge < -0.3 is 14.8 Å². The smallest absolute Gasteiger partial charge is 0.224 e. The molecule has 1 atom stereocenters. The second kappa shape index (κ2) is 7.86. The average molecular weight is 354 g/mol. The minimum atomic E-state index is -0.0933. The first-order valence-electron chi connectivity index (χ1n) is 8.39. The highest BCUT2D eigenvalue weighted by Gasteiger charge is 2.14. The molecule has 0 saturated heterocycles. The fourth-order valence-electron chi connectivity index (χ4n) is 2.88. The first-order chi connectivity index (χ1) is 12.6. The molecule has 3 rings (SSSR count). The quantitative estimate of drug-likeness (QED) is 0.704. The fourth-order valence-corrected chi connectivity index (χ4v) is 2.88. The first-order valence-corrected chi connectivity index (χ1v) is 8.39. The summed E-state index contributed by atoms with van der Waals surface area (Å²) < 4.78 is 12.3. The van der Waals surface area contributed by atoms with E-state index in [0.29, 0.717) is 18.0 Å². The summed E-state index contributed by atoms with van der Waals surface area (Å²) in [5.41, 5.74) is 2.57.